The van der Waals surface area contributed by atoms with E-state index in [2.05, 4.69) is 84.9 Å². The second kappa shape index (κ2) is 14.6. The van der Waals surface area contributed by atoms with Gasteiger partial charge in [0.25, 0.3) is 0 Å². The standard InChI is InChI=1S/C55H33N5O2/c1-4-15-34(16-5-1)39-21-12-22-40(33-39)54-58-53(37-19-8-3-9-20-37)59-55(60-54)43-25-14-28-46-48(43)47-41(24-13-27-45(47)61-46)35-29-31-38(32-30-35)52-56-49(36-17-6-2-7-18-36)51-50(57-52)42-23-10-11-26-44(42)62-51/h1-33H. The highest BCUT2D eigenvalue weighted by molar-refractivity contribution is 6.17. The summed E-state index contributed by atoms with van der Waals surface area (Å²) < 4.78 is 12.9. The van der Waals surface area contributed by atoms with Crippen LogP contribution in [0.25, 0.3) is 123 Å². The molecule has 0 fully saturated rings. The normalized spacial score (nSPS) is 11.5. The highest BCUT2D eigenvalue weighted by Gasteiger charge is 2.22. The number of para-hydroxylation sites is 1. The van der Waals surface area contributed by atoms with Gasteiger partial charge in [0.1, 0.15) is 28.0 Å². The fourth-order valence-electron chi connectivity index (χ4n) is 8.41. The van der Waals surface area contributed by atoms with Crippen LogP contribution in [-0.4, -0.2) is 24.9 Å². The third kappa shape index (κ3) is 6.11. The van der Waals surface area contributed by atoms with Crippen molar-refractivity contribution in [2.75, 3.05) is 0 Å². The molecular formula is C55H33N5O2. The van der Waals surface area contributed by atoms with Crippen LogP contribution < -0.4 is 0 Å². The van der Waals surface area contributed by atoms with Gasteiger partial charge < -0.3 is 8.83 Å². The molecule has 0 unspecified atom stereocenters. The molecule has 12 aromatic rings. The Hall–Kier alpha value is -8.55. The molecule has 62 heavy (non-hydrogen) atoms. The van der Waals surface area contributed by atoms with E-state index in [4.69, 9.17) is 33.8 Å². The van der Waals surface area contributed by atoms with Crippen LogP contribution in [0.3, 0.4) is 0 Å². The average molecular weight is 796 g/mol. The number of nitrogens with zero attached hydrogens (tertiary/aromatic N) is 5. The van der Waals surface area contributed by atoms with Gasteiger partial charge in [0, 0.05) is 44.0 Å². The van der Waals surface area contributed by atoms with Gasteiger partial charge in [0.15, 0.2) is 28.9 Å². The Labute approximate surface area is 355 Å². The molecule has 290 valence electrons. The summed E-state index contributed by atoms with van der Waals surface area (Å²) in [5.41, 5.74) is 13.3. The van der Waals surface area contributed by atoms with E-state index in [1.807, 2.05) is 115 Å². The van der Waals surface area contributed by atoms with E-state index in [1.165, 1.54) is 0 Å². The summed E-state index contributed by atoms with van der Waals surface area (Å²) in [7, 11) is 0. The van der Waals surface area contributed by atoms with Crippen LogP contribution in [0.2, 0.25) is 0 Å². The molecule has 4 aromatic heterocycles. The smallest absolute Gasteiger partial charge is 0.180 e. The minimum Gasteiger partial charge on any atom is -0.456 e. The van der Waals surface area contributed by atoms with Gasteiger partial charge in [-0.3, -0.25) is 0 Å². The lowest BCUT2D eigenvalue weighted by atomic mass is 9.96. The highest BCUT2D eigenvalue weighted by atomic mass is 16.3. The lowest BCUT2D eigenvalue weighted by Crippen LogP contribution is -2.00. The molecule has 0 radical (unpaired) electrons. The van der Waals surface area contributed by atoms with Crippen LogP contribution in [0.15, 0.2) is 209 Å². The first kappa shape index (κ1) is 35.4. The number of furan rings is 2. The number of aromatic nitrogens is 5. The lowest BCUT2D eigenvalue weighted by Gasteiger charge is -2.11. The van der Waals surface area contributed by atoms with Crippen LogP contribution in [0, 0.1) is 0 Å². The Morgan fingerprint density at radius 2 is 0.790 bits per heavy atom. The molecule has 8 aromatic carbocycles. The summed E-state index contributed by atoms with van der Waals surface area (Å²) in [5.74, 6) is 2.37. The Kier molecular flexibility index (Phi) is 8.35. The number of rotatable bonds is 7. The summed E-state index contributed by atoms with van der Waals surface area (Å²) in [6, 6.07) is 67.6. The predicted octanol–water partition coefficient (Wildman–Crippen LogP) is 14.1. The second-order valence-corrected chi connectivity index (χ2v) is 15.2. The van der Waals surface area contributed by atoms with Gasteiger partial charge in [-0.05, 0) is 52.6 Å². The predicted molar refractivity (Wildman–Crippen MR) is 248 cm³/mol. The quantitative estimate of drug-likeness (QED) is 0.159. The summed E-state index contributed by atoms with van der Waals surface area (Å²) in [6.07, 6.45) is 0. The molecule has 0 spiro atoms. The highest BCUT2D eigenvalue weighted by Crippen LogP contribution is 2.42. The van der Waals surface area contributed by atoms with Crippen molar-refractivity contribution in [3.8, 4) is 79.1 Å². The van der Waals surface area contributed by atoms with Crippen LogP contribution >= 0.6 is 0 Å². The van der Waals surface area contributed by atoms with E-state index in [-0.39, 0.29) is 0 Å². The molecule has 0 aliphatic rings. The molecule has 7 nitrogen and oxygen atoms in total. The molecule has 0 amide bonds. The molecule has 7 heteroatoms. The molecular weight excluding hydrogens is 763 g/mol. The first-order valence-corrected chi connectivity index (χ1v) is 20.5. The van der Waals surface area contributed by atoms with Gasteiger partial charge >= 0.3 is 0 Å². The number of benzene rings is 8. The molecule has 0 saturated heterocycles. The number of hydrogen-bond donors (Lipinski definition) is 0. The van der Waals surface area contributed by atoms with E-state index in [0.29, 0.717) is 28.9 Å². The van der Waals surface area contributed by atoms with E-state index < -0.39 is 0 Å². The summed E-state index contributed by atoms with van der Waals surface area (Å²) >= 11 is 0. The lowest BCUT2D eigenvalue weighted by molar-refractivity contribution is 0.667. The Bertz CT molecular complexity index is 3620. The van der Waals surface area contributed by atoms with Gasteiger partial charge in [-0.25, -0.2) is 24.9 Å². The van der Waals surface area contributed by atoms with Gasteiger partial charge in [0.2, 0.25) is 0 Å². The maximum Gasteiger partial charge on any atom is 0.180 e. The van der Waals surface area contributed by atoms with Crippen molar-refractivity contribution in [1.82, 2.24) is 24.9 Å². The summed E-state index contributed by atoms with van der Waals surface area (Å²) in [6.45, 7) is 0. The first-order chi connectivity index (χ1) is 30.7. The fraction of sp³-hybridized carbons (Fsp3) is 0. The van der Waals surface area contributed by atoms with Crippen LogP contribution in [0.1, 0.15) is 0 Å². The van der Waals surface area contributed by atoms with Crippen molar-refractivity contribution in [3.63, 3.8) is 0 Å². The average Bonchev–Trinajstić information content (AvgIpc) is 3.93. The largest absolute Gasteiger partial charge is 0.456 e. The summed E-state index contributed by atoms with van der Waals surface area (Å²) in [4.78, 5) is 25.6. The van der Waals surface area contributed by atoms with Crippen molar-refractivity contribution < 1.29 is 8.83 Å². The van der Waals surface area contributed by atoms with Crippen molar-refractivity contribution in [2.45, 2.75) is 0 Å². The van der Waals surface area contributed by atoms with E-state index in [9.17, 15) is 0 Å². The molecule has 0 aliphatic carbocycles. The third-order valence-electron chi connectivity index (χ3n) is 11.4. The van der Waals surface area contributed by atoms with Crippen molar-refractivity contribution in [2.24, 2.45) is 0 Å². The summed E-state index contributed by atoms with van der Waals surface area (Å²) in [5, 5.41) is 2.87. The van der Waals surface area contributed by atoms with Crippen molar-refractivity contribution in [3.05, 3.63) is 200 Å². The molecule has 4 heterocycles. The van der Waals surface area contributed by atoms with Crippen LogP contribution in [0.4, 0.5) is 0 Å². The van der Waals surface area contributed by atoms with E-state index >= 15 is 0 Å². The maximum atomic E-state index is 6.59. The molecule has 0 aliphatic heterocycles. The van der Waals surface area contributed by atoms with Crippen LogP contribution in [-0.2, 0) is 0 Å². The van der Waals surface area contributed by atoms with Crippen LogP contribution in [0.5, 0.6) is 0 Å². The fourth-order valence-corrected chi connectivity index (χ4v) is 8.41. The minimum atomic E-state index is 0.561. The minimum absolute atomic E-state index is 0.561. The van der Waals surface area contributed by atoms with E-state index in [1.54, 1.807) is 0 Å². The Balaban J connectivity index is 1.00. The first-order valence-electron chi connectivity index (χ1n) is 20.5. The number of fused-ring (bicyclic) bond motifs is 6. The van der Waals surface area contributed by atoms with Gasteiger partial charge in [0.05, 0.1) is 0 Å². The monoisotopic (exact) mass is 795 g/mol. The third-order valence-corrected chi connectivity index (χ3v) is 11.4. The molecule has 0 atom stereocenters. The Morgan fingerprint density at radius 1 is 0.290 bits per heavy atom. The zero-order valence-corrected chi connectivity index (χ0v) is 33.1. The molecule has 0 saturated carbocycles. The SMILES string of the molecule is c1ccc(-c2cccc(-c3nc(-c4ccccc4)nc(-c4cccc5oc6cccc(-c7ccc(-c8nc(-c9ccccc9)c9oc%10ccccc%10c9n8)cc7)c6c45)n3)c2)cc1. The Morgan fingerprint density at radius 3 is 1.53 bits per heavy atom. The van der Waals surface area contributed by atoms with Gasteiger partial charge in [-0.2, -0.15) is 0 Å². The maximum absolute atomic E-state index is 6.59. The number of hydrogen-bond acceptors (Lipinski definition) is 7. The zero-order chi connectivity index (χ0) is 41.0. The van der Waals surface area contributed by atoms with Crippen molar-refractivity contribution in [1.29, 1.82) is 0 Å². The molecule has 0 bridgehead atoms. The van der Waals surface area contributed by atoms with Crippen molar-refractivity contribution >= 4 is 44.0 Å². The van der Waals surface area contributed by atoms with Gasteiger partial charge in [-0.15, -0.1) is 0 Å². The molecule has 12 rings (SSSR count). The van der Waals surface area contributed by atoms with E-state index in [0.717, 1.165) is 94.2 Å². The zero-order valence-electron chi connectivity index (χ0n) is 33.1. The topological polar surface area (TPSA) is 90.7 Å². The van der Waals surface area contributed by atoms with Gasteiger partial charge in [-0.1, -0.05) is 170 Å². The second-order valence-electron chi connectivity index (χ2n) is 15.2. The molecule has 0 N–H and O–H groups in total.